The average molecular weight is 418 g/mol. The number of morpholine rings is 1. The molecule has 0 spiro atoms. The lowest BCUT2D eigenvalue weighted by atomic mass is 9.99. The molecule has 0 bridgehead atoms. The number of hydrogen-bond acceptors (Lipinski definition) is 5. The summed E-state index contributed by atoms with van der Waals surface area (Å²) in [6.45, 7) is 4.89. The lowest BCUT2D eigenvalue weighted by molar-refractivity contribution is -0.130. The number of carbonyl (C=O) groups is 1. The van der Waals surface area contributed by atoms with E-state index in [1.807, 2.05) is 24.3 Å². The highest BCUT2D eigenvalue weighted by Gasteiger charge is 2.19. The maximum absolute atomic E-state index is 11.8. The molecule has 6 nitrogen and oxygen atoms in total. The largest absolute Gasteiger partial charge is 0.500 e. The molecule has 0 atom stereocenters. The molecule has 0 saturated carbocycles. The second-order valence-corrected chi connectivity index (χ2v) is 7.06. The van der Waals surface area contributed by atoms with E-state index in [4.69, 9.17) is 25.8 Å². The van der Waals surface area contributed by atoms with Crippen LogP contribution >= 0.6 is 11.6 Å². The number of allylic oxidation sites excluding steroid dienone is 1. The summed E-state index contributed by atoms with van der Waals surface area (Å²) in [5, 5.41) is 10.2. The van der Waals surface area contributed by atoms with Crippen LogP contribution in [0, 0.1) is 0 Å². The topological polar surface area (TPSA) is 68.2 Å². The first-order chi connectivity index (χ1) is 14.0. The van der Waals surface area contributed by atoms with E-state index in [0.717, 1.165) is 18.8 Å². The zero-order valence-corrected chi connectivity index (χ0v) is 17.2. The van der Waals surface area contributed by atoms with Crippen LogP contribution in [0.4, 0.5) is 5.69 Å². The van der Waals surface area contributed by atoms with Crippen LogP contribution in [0.15, 0.2) is 48.2 Å². The maximum Gasteiger partial charge on any atom is 0.339 e. The van der Waals surface area contributed by atoms with Crippen molar-refractivity contribution in [3.05, 3.63) is 64.4 Å². The molecule has 1 N–H and O–H groups in total. The first-order valence-electron chi connectivity index (χ1n) is 9.32. The van der Waals surface area contributed by atoms with E-state index in [1.54, 1.807) is 25.1 Å². The van der Waals surface area contributed by atoms with Crippen molar-refractivity contribution >= 4 is 28.8 Å². The molecule has 1 fully saturated rings. The normalized spacial score (nSPS) is 14.9. The van der Waals surface area contributed by atoms with E-state index < -0.39 is 5.97 Å². The molecule has 2 aromatic carbocycles. The van der Waals surface area contributed by atoms with Gasteiger partial charge in [0.25, 0.3) is 0 Å². The van der Waals surface area contributed by atoms with Crippen LogP contribution in [0.5, 0.6) is 5.75 Å². The number of carboxylic acids is 1. The minimum absolute atomic E-state index is 0.0878. The Morgan fingerprint density at radius 1 is 1.21 bits per heavy atom. The van der Waals surface area contributed by atoms with Crippen LogP contribution in [0.3, 0.4) is 0 Å². The predicted octanol–water partition coefficient (Wildman–Crippen LogP) is 4.22. The highest BCUT2D eigenvalue weighted by atomic mass is 35.5. The van der Waals surface area contributed by atoms with Crippen molar-refractivity contribution in [1.29, 1.82) is 0 Å². The van der Waals surface area contributed by atoms with Crippen molar-refractivity contribution in [3.63, 3.8) is 0 Å². The van der Waals surface area contributed by atoms with E-state index in [9.17, 15) is 9.90 Å². The van der Waals surface area contributed by atoms with Gasteiger partial charge in [-0.1, -0.05) is 23.7 Å². The summed E-state index contributed by atoms with van der Waals surface area (Å²) >= 11 is 6.15. The number of rotatable bonds is 7. The van der Waals surface area contributed by atoms with Crippen LogP contribution in [0.1, 0.15) is 18.1 Å². The zero-order chi connectivity index (χ0) is 20.8. The van der Waals surface area contributed by atoms with Crippen molar-refractivity contribution < 1.29 is 24.1 Å². The summed E-state index contributed by atoms with van der Waals surface area (Å²) in [6.07, 6.45) is 0. The predicted molar refractivity (Wildman–Crippen MR) is 112 cm³/mol. The van der Waals surface area contributed by atoms with Gasteiger partial charge in [0.1, 0.15) is 23.7 Å². The van der Waals surface area contributed by atoms with Gasteiger partial charge < -0.3 is 24.2 Å². The van der Waals surface area contributed by atoms with Gasteiger partial charge in [-0.05, 0) is 42.3 Å². The molecule has 1 aliphatic heterocycles. The highest BCUT2D eigenvalue weighted by Crippen LogP contribution is 2.28. The molecule has 154 valence electrons. The van der Waals surface area contributed by atoms with E-state index >= 15 is 0 Å². The number of nitrogens with zero attached hydrogens (tertiary/aromatic N) is 1. The Balaban J connectivity index is 1.84. The number of methoxy groups -OCH3 is 1. The summed E-state index contributed by atoms with van der Waals surface area (Å²) in [5.41, 5.74) is 2.34. The van der Waals surface area contributed by atoms with Gasteiger partial charge in [0, 0.05) is 29.9 Å². The Morgan fingerprint density at radius 2 is 1.97 bits per heavy atom. The summed E-state index contributed by atoms with van der Waals surface area (Å²) in [7, 11) is 1.45. The monoisotopic (exact) mass is 417 g/mol. The molecule has 0 unspecified atom stereocenters. The second kappa shape index (κ2) is 9.67. The molecule has 3 rings (SSSR count). The van der Waals surface area contributed by atoms with E-state index in [2.05, 4.69) is 4.90 Å². The SMILES string of the molecule is COC(C)=C(C(=O)O)c1ccc(Cl)cc1COc1cccc(N2CCOCC2)c1. The van der Waals surface area contributed by atoms with Crippen molar-refractivity contribution in [2.45, 2.75) is 13.5 Å². The molecule has 1 saturated heterocycles. The van der Waals surface area contributed by atoms with Crippen LogP contribution in [-0.4, -0.2) is 44.5 Å². The van der Waals surface area contributed by atoms with Gasteiger partial charge in [-0.15, -0.1) is 0 Å². The Morgan fingerprint density at radius 3 is 2.66 bits per heavy atom. The molecule has 0 aromatic heterocycles. The second-order valence-electron chi connectivity index (χ2n) is 6.63. The number of carboxylic acid groups (broad SMARTS) is 1. The van der Waals surface area contributed by atoms with Gasteiger partial charge in [-0.25, -0.2) is 4.79 Å². The summed E-state index contributed by atoms with van der Waals surface area (Å²) in [6, 6.07) is 12.9. The summed E-state index contributed by atoms with van der Waals surface area (Å²) in [4.78, 5) is 14.0. The molecule has 2 aromatic rings. The Kier molecular flexibility index (Phi) is 7.01. The molecule has 29 heavy (non-hydrogen) atoms. The van der Waals surface area contributed by atoms with Crippen LogP contribution in [0.2, 0.25) is 5.02 Å². The van der Waals surface area contributed by atoms with E-state index in [0.29, 0.717) is 40.9 Å². The van der Waals surface area contributed by atoms with Gasteiger partial charge in [0.2, 0.25) is 0 Å². The minimum Gasteiger partial charge on any atom is -0.500 e. The van der Waals surface area contributed by atoms with Crippen LogP contribution in [0.25, 0.3) is 5.57 Å². The number of benzene rings is 2. The minimum atomic E-state index is -1.07. The molecule has 1 heterocycles. The van der Waals surface area contributed by atoms with Crippen molar-refractivity contribution in [2.24, 2.45) is 0 Å². The van der Waals surface area contributed by atoms with Gasteiger partial charge in [0.05, 0.1) is 20.3 Å². The average Bonchev–Trinajstić information content (AvgIpc) is 2.74. The smallest absolute Gasteiger partial charge is 0.339 e. The highest BCUT2D eigenvalue weighted by molar-refractivity contribution is 6.30. The number of ether oxygens (including phenoxy) is 3. The fourth-order valence-electron chi connectivity index (χ4n) is 3.24. The van der Waals surface area contributed by atoms with Gasteiger partial charge >= 0.3 is 5.97 Å². The standard InChI is InChI=1S/C22H24ClNO5/c1-15(27-2)21(22(25)26)20-7-6-17(23)12-16(20)14-29-19-5-3-4-18(13-19)24-8-10-28-11-9-24/h3-7,12-13H,8-11,14H2,1-2H3,(H,25,26). The third-order valence-electron chi connectivity index (χ3n) is 4.80. The lowest BCUT2D eigenvalue weighted by Gasteiger charge is -2.29. The molecule has 1 aliphatic rings. The van der Waals surface area contributed by atoms with Gasteiger partial charge in [-0.2, -0.15) is 0 Å². The number of anilines is 1. The Hall–Kier alpha value is -2.70. The van der Waals surface area contributed by atoms with Crippen molar-refractivity contribution in [3.8, 4) is 5.75 Å². The van der Waals surface area contributed by atoms with Gasteiger partial charge in [0.15, 0.2) is 0 Å². The van der Waals surface area contributed by atoms with Crippen molar-refractivity contribution in [2.75, 3.05) is 38.3 Å². The Bertz CT molecular complexity index is 906. The zero-order valence-electron chi connectivity index (χ0n) is 16.5. The fraction of sp³-hybridized carbons (Fsp3) is 0.318. The molecule has 0 aliphatic carbocycles. The first-order valence-corrected chi connectivity index (χ1v) is 9.70. The fourth-order valence-corrected chi connectivity index (χ4v) is 3.43. The molecular weight excluding hydrogens is 394 g/mol. The van der Waals surface area contributed by atoms with E-state index in [-0.39, 0.29) is 12.2 Å². The van der Waals surface area contributed by atoms with E-state index in [1.165, 1.54) is 7.11 Å². The summed E-state index contributed by atoms with van der Waals surface area (Å²) < 4.78 is 16.6. The third-order valence-corrected chi connectivity index (χ3v) is 5.03. The lowest BCUT2D eigenvalue weighted by Crippen LogP contribution is -2.36. The van der Waals surface area contributed by atoms with Crippen LogP contribution in [-0.2, 0) is 20.9 Å². The molecule has 0 amide bonds. The van der Waals surface area contributed by atoms with Crippen LogP contribution < -0.4 is 9.64 Å². The number of aliphatic carboxylic acids is 1. The third kappa shape index (κ3) is 5.22. The molecule has 0 radical (unpaired) electrons. The number of halogens is 1. The maximum atomic E-state index is 11.8. The Labute approximate surface area is 175 Å². The van der Waals surface area contributed by atoms with Gasteiger partial charge in [-0.3, -0.25) is 0 Å². The molecular formula is C22H24ClNO5. The number of hydrogen-bond donors (Lipinski definition) is 1. The molecule has 7 heteroatoms. The van der Waals surface area contributed by atoms with Crippen molar-refractivity contribution in [1.82, 2.24) is 0 Å². The summed E-state index contributed by atoms with van der Waals surface area (Å²) in [5.74, 6) is -0.0538. The quantitative estimate of drug-likeness (QED) is 0.537. The first kappa shape index (κ1) is 21.0.